The zero-order chi connectivity index (χ0) is 18.2. The van der Waals surface area contributed by atoms with E-state index in [0.717, 1.165) is 24.3 Å². The fraction of sp³-hybridized carbons (Fsp3) is 0.273. The summed E-state index contributed by atoms with van der Waals surface area (Å²) in [4.78, 5) is 2.45. The molecule has 1 aromatic carbocycles. The molecule has 1 aromatic heterocycles. The summed E-state index contributed by atoms with van der Waals surface area (Å²) >= 11 is 0. The van der Waals surface area contributed by atoms with Crippen LogP contribution in [0, 0.1) is 0 Å². The molecule has 0 amide bonds. The molecule has 0 saturated heterocycles. The molecule has 0 unspecified atom stereocenters. The molecule has 0 N–H and O–H groups in total. The fourth-order valence-electron chi connectivity index (χ4n) is 1.53. The zero-order valence-electron chi connectivity index (χ0n) is 11.2. The van der Waals surface area contributed by atoms with Crippen LogP contribution in [0.25, 0.3) is 0 Å². The molecule has 0 atom stereocenters. The summed E-state index contributed by atoms with van der Waals surface area (Å²) in [5.74, 6) is -4.12. The molecule has 0 aliphatic rings. The van der Waals surface area contributed by atoms with Gasteiger partial charge in [-0.2, -0.15) is 18.2 Å². The Labute approximate surface area is 130 Å². The van der Waals surface area contributed by atoms with Gasteiger partial charge in [0, 0.05) is 0 Å². The van der Waals surface area contributed by atoms with Gasteiger partial charge in [-0.3, -0.25) is 0 Å². The van der Waals surface area contributed by atoms with Crippen molar-refractivity contribution in [3.05, 3.63) is 36.0 Å². The van der Waals surface area contributed by atoms with Gasteiger partial charge in [0.1, 0.15) is 11.5 Å². The second kappa shape index (κ2) is 5.96. The average molecular weight is 376 g/mol. The first-order chi connectivity index (χ1) is 10.9. The van der Waals surface area contributed by atoms with Crippen molar-refractivity contribution in [2.45, 2.75) is 23.2 Å². The summed E-state index contributed by atoms with van der Waals surface area (Å²) < 4.78 is 104. The molecular weight excluding hydrogens is 370 g/mol. The molecule has 0 saturated carbocycles. The Balaban J connectivity index is 2.17. The number of ether oxygens (including phenoxy) is 1. The smallest absolute Gasteiger partial charge is 0.406 e. The fourth-order valence-corrected chi connectivity index (χ4v) is 2.70. The Hall–Kier alpha value is -2.31. The molecule has 24 heavy (non-hydrogen) atoms. The van der Waals surface area contributed by atoms with Gasteiger partial charge in [0.15, 0.2) is 15.7 Å². The zero-order valence-corrected chi connectivity index (χ0v) is 12.0. The lowest BCUT2D eigenvalue weighted by molar-refractivity contribution is -0.274. The van der Waals surface area contributed by atoms with Gasteiger partial charge < -0.3 is 9.26 Å². The van der Waals surface area contributed by atoms with Crippen molar-refractivity contribution in [2.24, 2.45) is 0 Å². The van der Waals surface area contributed by atoms with E-state index < -0.39 is 50.5 Å². The minimum absolute atomic E-state index is 0.449. The molecule has 2 rings (SSSR count). The highest BCUT2D eigenvalue weighted by atomic mass is 32.2. The summed E-state index contributed by atoms with van der Waals surface area (Å²) in [6.07, 6.45) is -9.87. The first kappa shape index (κ1) is 18.0. The van der Waals surface area contributed by atoms with E-state index in [9.17, 15) is 34.8 Å². The minimum atomic E-state index is -4.95. The monoisotopic (exact) mass is 376 g/mol. The van der Waals surface area contributed by atoms with Crippen molar-refractivity contribution in [1.82, 2.24) is 10.1 Å². The van der Waals surface area contributed by atoms with Gasteiger partial charge in [0.25, 0.3) is 0 Å². The van der Waals surface area contributed by atoms with Crippen molar-refractivity contribution < 1.29 is 44.0 Å². The lowest BCUT2D eigenvalue weighted by atomic mass is 10.3. The van der Waals surface area contributed by atoms with Crippen LogP contribution in [0.5, 0.6) is 5.75 Å². The highest BCUT2D eigenvalue weighted by molar-refractivity contribution is 7.90. The van der Waals surface area contributed by atoms with E-state index in [1.807, 2.05) is 0 Å². The number of hydrogen-bond acceptors (Lipinski definition) is 6. The van der Waals surface area contributed by atoms with E-state index in [2.05, 4.69) is 19.4 Å². The highest BCUT2D eigenvalue weighted by Crippen LogP contribution is 2.28. The maximum absolute atomic E-state index is 12.3. The summed E-state index contributed by atoms with van der Waals surface area (Å²) in [5.41, 5.74) is 0. The van der Waals surface area contributed by atoms with E-state index in [1.165, 1.54) is 0 Å². The van der Waals surface area contributed by atoms with E-state index in [-0.39, 0.29) is 0 Å². The van der Waals surface area contributed by atoms with Gasteiger partial charge in [-0.1, -0.05) is 5.16 Å². The second-order valence-electron chi connectivity index (χ2n) is 4.29. The number of benzene rings is 1. The van der Waals surface area contributed by atoms with Crippen LogP contribution in [0.4, 0.5) is 26.3 Å². The molecule has 0 radical (unpaired) electrons. The van der Waals surface area contributed by atoms with Crippen LogP contribution in [0.3, 0.4) is 0 Å². The normalized spacial score (nSPS) is 13.1. The molecule has 13 heteroatoms. The summed E-state index contributed by atoms with van der Waals surface area (Å²) in [7, 11) is -4.20. The van der Waals surface area contributed by atoms with Crippen molar-refractivity contribution in [2.75, 3.05) is 0 Å². The number of hydrogen-bond donors (Lipinski definition) is 0. The number of nitrogens with zero attached hydrogens (tertiary/aromatic N) is 2. The molecule has 1 heterocycles. The van der Waals surface area contributed by atoms with Crippen molar-refractivity contribution in [3.8, 4) is 5.75 Å². The van der Waals surface area contributed by atoms with Crippen molar-refractivity contribution >= 4 is 9.84 Å². The average Bonchev–Trinajstić information content (AvgIpc) is 2.85. The number of aromatic nitrogens is 2. The van der Waals surface area contributed by atoms with Crippen LogP contribution >= 0.6 is 0 Å². The van der Waals surface area contributed by atoms with Crippen LogP contribution in [-0.4, -0.2) is 24.9 Å². The SMILES string of the molecule is O=S(=O)(Cc1noc(C(F)(F)F)n1)c1ccc(OC(F)(F)F)cc1. The summed E-state index contributed by atoms with van der Waals surface area (Å²) in [6.45, 7) is 0. The van der Waals surface area contributed by atoms with Gasteiger partial charge in [0.05, 0.1) is 4.90 Å². The molecular formula is C11H6F6N2O4S. The van der Waals surface area contributed by atoms with Crippen LogP contribution < -0.4 is 4.74 Å². The first-order valence-corrected chi connectivity index (χ1v) is 7.50. The maximum atomic E-state index is 12.3. The highest BCUT2D eigenvalue weighted by Gasteiger charge is 2.39. The summed E-state index contributed by atoms with van der Waals surface area (Å²) in [6, 6.07) is 3.11. The second-order valence-corrected chi connectivity index (χ2v) is 6.28. The van der Waals surface area contributed by atoms with Gasteiger partial charge in [-0.25, -0.2) is 8.42 Å². The molecule has 0 aliphatic carbocycles. The first-order valence-electron chi connectivity index (χ1n) is 5.85. The lowest BCUT2D eigenvalue weighted by Gasteiger charge is -2.09. The Bertz CT molecular complexity index is 810. The molecule has 0 fully saturated rings. The number of halogens is 6. The third-order valence-corrected chi connectivity index (χ3v) is 4.07. The molecule has 0 spiro atoms. The third kappa shape index (κ3) is 4.59. The number of alkyl halides is 6. The molecule has 6 nitrogen and oxygen atoms in total. The Kier molecular flexibility index (Phi) is 4.48. The van der Waals surface area contributed by atoms with E-state index in [0.29, 0.717) is 0 Å². The lowest BCUT2D eigenvalue weighted by Crippen LogP contribution is -2.17. The van der Waals surface area contributed by atoms with Gasteiger partial charge in [0.2, 0.25) is 0 Å². The van der Waals surface area contributed by atoms with Gasteiger partial charge in [-0.15, -0.1) is 13.2 Å². The summed E-state index contributed by atoms with van der Waals surface area (Å²) in [5, 5.41) is 2.90. The Morgan fingerprint density at radius 1 is 1.04 bits per heavy atom. The molecule has 0 bridgehead atoms. The van der Waals surface area contributed by atoms with Crippen LogP contribution in [0.2, 0.25) is 0 Å². The van der Waals surface area contributed by atoms with Gasteiger partial charge >= 0.3 is 18.4 Å². The van der Waals surface area contributed by atoms with E-state index >= 15 is 0 Å². The quantitative estimate of drug-likeness (QED) is 0.763. The van der Waals surface area contributed by atoms with Crippen LogP contribution in [-0.2, 0) is 21.8 Å². The maximum Gasteiger partial charge on any atom is 0.573 e. The minimum Gasteiger partial charge on any atom is -0.406 e. The predicted octanol–water partition coefficient (Wildman–Crippen LogP) is 2.96. The van der Waals surface area contributed by atoms with Crippen LogP contribution in [0.15, 0.2) is 33.7 Å². The molecule has 2 aromatic rings. The molecule has 0 aliphatic heterocycles. The number of rotatable bonds is 4. The molecule has 132 valence electrons. The Morgan fingerprint density at radius 3 is 2.08 bits per heavy atom. The Morgan fingerprint density at radius 2 is 1.62 bits per heavy atom. The van der Waals surface area contributed by atoms with Crippen molar-refractivity contribution in [3.63, 3.8) is 0 Å². The standard InChI is InChI=1S/C11H6F6N2O4S/c12-10(13,14)9-18-8(19-23-9)5-24(20,21)7-3-1-6(2-4-7)22-11(15,16)17/h1-4H,5H2. The predicted molar refractivity (Wildman–Crippen MR) is 63.3 cm³/mol. The third-order valence-electron chi connectivity index (χ3n) is 2.45. The van der Waals surface area contributed by atoms with Crippen LogP contribution in [0.1, 0.15) is 11.7 Å². The van der Waals surface area contributed by atoms with E-state index in [1.54, 1.807) is 0 Å². The van der Waals surface area contributed by atoms with Gasteiger partial charge in [-0.05, 0) is 24.3 Å². The largest absolute Gasteiger partial charge is 0.573 e. The van der Waals surface area contributed by atoms with Crippen molar-refractivity contribution in [1.29, 1.82) is 0 Å². The van der Waals surface area contributed by atoms with E-state index in [4.69, 9.17) is 0 Å². The number of sulfone groups is 1. The topological polar surface area (TPSA) is 82.3 Å².